The van der Waals surface area contributed by atoms with Crippen LogP contribution in [-0.4, -0.2) is 10.9 Å². The molecule has 12 heavy (non-hydrogen) atoms. The van der Waals surface area contributed by atoms with Crippen molar-refractivity contribution in [3.05, 3.63) is 23.4 Å². The first kappa shape index (κ1) is 8.96. The second-order valence-electron chi connectivity index (χ2n) is 2.21. The highest BCUT2D eigenvalue weighted by Crippen LogP contribution is 2.11. The second-order valence-corrected chi connectivity index (χ2v) is 2.59. The van der Waals surface area contributed by atoms with Crippen LogP contribution in [0.15, 0.2) is 18.2 Å². The Morgan fingerprint density at radius 3 is 2.83 bits per heavy atom. The van der Waals surface area contributed by atoms with Gasteiger partial charge in [0.2, 0.25) is 5.91 Å². The molecule has 1 heterocycles. The van der Waals surface area contributed by atoms with Gasteiger partial charge in [0, 0.05) is 6.92 Å². The minimum Gasteiger partial charge on any atom is -0.273 e. The van der Waals surface area contributed by atoms with Crippen LogP contribution >= 0.6 is 11.6 Å². The third kappa shape index (κ3) is 1.93. The first-order valence-corrected chi connectivity index (χ1v) is 3.67. The van der Waals surface area contributed by atoms with Gasteiger partial charge in [0.1, 0.15) is 5.15 Å². The van der Waals surface area contributed by atoms with E-state index in [0.717, 1.165) is 5.01 Å². The number of pyridine rings is 1. The van der Waals surface area contributed by atoms with Crippen LogP contribution in [-0.2, 0) is 4.79 Å². The van der Waals surface area contributed by atoms with Crippen molar-refractivity contribution in [2.75, 3.05) is 5.01 Å². The standard InChI is InChI=1S/C7H8ClN3O/c1-5(12)11(9)7-4-2-3-6(8)10-7/h2-4H,9H2,1H3. The average molecular weight is 186 g/mol. The zero-order valence-corrected chi connectivity index (χ0v) is 7.25. The molecule has 0 saturated carbocycles. The Morgan fingerprint density at radius 2 is 2.33 bits per heavy atom. The van der Waals surface area contributed by atoms with Crippen LogP contribution in [0.3, 0.4) is 0 Å². The number of nitrogens with two attached hydrogens (primary N) is 1. The number of anilines is 1. The maximum atomic E-state index is 10.8. The smallest absolute Gasteiger partial charge is 0.239 e. The van der Waals surface area contributed by atoms with Crippen LogP contribution < -0.4 is 10.9 Å². The van der Waals surface area contributed by atoms with E-state index in [4.69, 9.17) is 17.4 Å². The van der Waals surface area contributed by atoms with Crippen molar-refractivity contribution in [1.82, 2.24) is 4.98 Å². The van der Waals surface area contributed by atoms with E-state index in [1.807, 2.05) is 0 Å². The number of amides is 1. The molecule has 1 amide bonds. The van der Waals surface area contributed by atoms with E-state index in [-0.39, 0.29) is 5.91 Å². The Hall–Kier alpha value is -1.13. The summed E-state index contributed by atoms with van der Waals surface area (Å²) in [5.41, 5.74) is 0. The molecule has 64 valence electrons. The monoisotopic (exact) mass is 185 g/mol. The van der Waals surface area contributed by atoms with Crippen LogP contribution in [0.2, 0.25) is 5.15 Å². The number of carbonyl (C=O) groups is 1. The summed E-state index contributed by atoms with van der Waals surface area (Å²) in [6, 6.07) is 4.89. The molecule has 0 spiro atoms. The van der Waals surface area contributed by atoms with Crippen molar-refractivity contribution < 1.29 is 4.79 Å². The summed E-state index contributed by atoms with van der Waals surface area (Å²) in [5, 5.41) is 1.25. The molecular formula is C7H8ClN3O. The van der Waals surface area contributed by atoms with E-state index in [0.29, 0.717) is 11.0 Å². The van der Waals surface area contributed by atoms with Gasteiger partial charge in [-0.2, -0.15) is 0 Å². The Morgan fingerprint density at radius 1 is 1.67 bits per heavy atom. The van der Waals surface area contributed by atoms with Gasteiger partial charge in [-0.3, -0.25) is 4.79 Å². The van der Waals surface area contributed by atoms with Gasteiger partial charge >= 0.3 is 0 Å². The molecule has 4 nitrogen and oxygen atoms in total. The van der Waals surface area contributed by atoms with Crippen molar-refractivity contribution in [3.63, 3.8) is 0 Å². The van der Waals surface area contributed by atoms with Crippen molar-refractivity contribution in [2.24, 2.45) is 5.84 Å². The number of halogens is 1. The number of aromatic nitrogens is 1. The third-order valence-electron chi connectivity index (χ3n) is 1.29. The predicted octanol–water partition coefficient (Wildman–Crippen LogP) is 0.962. The maximum Gasteiger partial charge on any atom is 0.239 e. The van der Waals surface area contributed by atoms with Crippen LogP contribution in [0.25, 0.3) is 0 Å². The summed E-state index contributed by atoms with van der Waals surface area (Å²) in [6.07, 6.45) is 0. The molecule has 0 atom stereocenters. The van der Waals surface area contributed by atoms with Gasteiger partial charge in [-0.25, -0.2) is 15.8 Å². The highest BCUT2D eigenvalue weighted by atomic mass is 35.5. The number of hydrogen-bond acceptors (Lipinski definition) is 3. The number of rotatable bonds is 1. The van der Waals surface area contributed by atoms with Crippen molar-refractivity contribution in [1.29, 1.82) is 0 Å². The molecular weight excluding hydrogens is 178 g/mol. The van der Waals surface area contributed by atoms with Gasteiger partial charge < -0.3 is 0 Å². The number of hydrogen-bond donors (Lipinski definition) is 1. The quantitative estimate of drug-likeness (QED) is 0.307. The third-order valence-corrected chi connectivity index (χ3v) is 1.50. The summed E-state index contributed by atoms with van der Waals surface area (Å²) in [6.45, 7) is 1.35. The summed E-state index contributed by atoms with van der Waals surface area (Å²) in [4.78, 5) is 14.6. The average Bonchev–Trinajstić information content (AvgIpc) is 2.03. The SMILES string of the molecule is CC(=O)N(N)c1cccc(Cl)n1. The molecule has 0 fully saturated rings. The molecule has 0 aliphatic rings. The Bertz CT molecular complexity index is 302. The van der Waals surface area contributed by atoms with Gasteiger partial charge in [-0.1, -0.05) is 17.7 Å². The first-order valence-electron chi connectivity index (χ1n) is 3.29. The lowest BCUT2D eigenvalue weighted by molar-refractivity contribution is -0.116. The van der Waals surface area contributed by atoms with Crippen molar-refractivity contribution in [3.8, 4) is 0 Å². The predicted molar refractivity (Wildman–Crippen MR) is 46.6 cm³/mol. The lowest BCUT2D eigenvalue weighted by Crippen LogP contribution is -2.36. The lowest BCUT2D eigenvalue weighted by atomic mass is 10.4. The molecule has 0 bridgehead atoms. The Labute approximate surface area is 74.9 Å². The highest BCUT2D eigenvalue weighted by molar-refractivity contribution is 6.29. The Kier molecular flexibility index (Phi) is 2.62. The fraction of sp³-hybridized carbons (Fsp3) is 0.143. The summed E-state index contributed by atoms with van der Waals surface area (Å²) in [7, 11) is 0. The van der Waals surface area contributed by atoms with E-state index in [2.05, 4.69) is 4.98 Å². The van der Waals surface area contributed by atoms with Crippen molar-refractivity contribution >= 4 is 23.3 Å². The highest BCUT2D eigenvalue weighted by Gasteiger charge is 2.06. The molecule has 0 aliphatic heterocycles. The number of hydrazine groups is 1. The number of carbonyl (C=O) groups excluding carboxylic acids is 1. The fourth-order valence-electron chi connectivity index (χ4n) is 0.693. The van der Waals surface area contributed by atoms with Crippen LogP contribution in [0, 0.1) is 0 Å². The van der Waals surface area contributed by atoms with Crippen LogP contribution in [0.5, 0.6) is 0 Å². The summed E-state index contributed by atoms with van der Waals surface area (Å²) in [5.74, 6) is 5.42. The Balaban J connectivity index is 2.95. The van der Waals surface area contributed by atoms with E-state index in [1.54, 1.807) is 18.2 Å². The van der Waals surface area contributed by atoms with Crippen LogP contribution in [0.4, 0.5) is 5.82 Å². The molecule has 1 aromatic rings. The van der Waals surface area contributed by atoms with Gasteiger partial charge in [-0.05, 0) is 12.1 Å². The van der Waals surface area contributed by atoms with Gasteiger partial charge in [0.05, 0.1) is 0 Å². The molecule has 0 aliphatic carbocycles. The zero-order chi connectivity index (χ0) is 9.14. The van der Waals surface area contributed by atoms with Crippen molar-refractivity contribution in [2.45, 2.75) is 6.92 Å². The normalized spacial score (nSPS) is 9.58. The first-order chi connectivity index (χ1) is 5.61. The fourth-order valence-corrected chi connectivity index (χ4v) is 0.852. The second kappa shape index (κ2) is 3.51. The molecule has 2 N–H and O–H groups in total. The van der Waals surface area contributed by atoms with Gasteiger partial charge in [0.15, 0.2) is 5.82 Å². The minimum absolute atomic E-state index is 0.287. The molecule has 0 saturated heterocycles. The molecule has 5 heteroatoms. The maximum absolute atomic E-state index is 10.8. The van der Waals surface area contributed by atoms with E-state index >= 15 is 0 Å². The van der Waals surface area contributed by atoms with E-state index in [9.17, 15) is 4.79 Å². The van der Waals surface area contributed by atoms with E-state index < -0.39 is 0 Å². The molecule has 1 aromatic heterocycles. The largest absolute Gasteiger partial charge is 0.273 e. The molecule has 0 radical (unpaired) electrons. The van der Waals surface area contributed by atoms with Gasteiger partial charge in [0.25, 0.3) is 0 Å². The molecule has 1 rings (SSSR count). The topological polar surface area (TPSA) is 59.2 Å². The molecule has 0 unspecified atom stereocenters. The van der Waals surface area contributed by atoms with Crippen LogP contribution in [0.1, 0.15) is 6.92 Å². The zero-order valence-electron chi connectivity index (χ0n) is 6.49. The summed E-state index contributed by atoms with van der Waals surface area (Å²) < 4.78 is 0. The van der Waals surface area contributed by atoms with E-state index in [1.165, 1.54) is 6.92 Å². The van der Waals surface area contributed by atoms with Gasteiger partial charge in [-0.15, -0.1) is 0 Å². The lowest BCUT2D eigenvalue weighted by Gasteiger charge is -2.12. The minimum atomic E-state index is -0.287. The summed E-state index contributed by atoms with van der Waals surface area (Å²) >= 11 is 5.59. The molecule has 0 aromatic carbocycles. The number of nitrogens with zero attached hydrogens (tertiary/aromatic N) is 2.